The second-order valence-electron chi connectivity index (χ2n) is 2.37. The third kappa shape index (κ3) is 2.67. The first-order chi connectivity index (χ1) is 6.15. The molecule has 0 unspecified atom stereocenters. The van der Waals surface area contributed by atoms with Gasteiger partial charge in [-0.3, -0.25) is 0 Å². The Morgan fingerprint density at radius 1 is 1.46 bits per heavy atom. The van der Waals surface area contributed by atoms with Crippen LogP contribution in [0.3, 0.4) is 0 Å². The fraction of sp³-hybridized carbons (Fsp3) is 0. The highest BCUT2D eigenvalue weighted by Crippen LogP contribution is 2.11. The first-order valence-electron chi connectivity index (χ1n) is 3.51. The molecule has 0 aliphatic heterocycles. The Balaban J connectivity index is 3.03. The maximum atomic E-state index is 8.90. The van der Waals surface area contributed by atoms with Crippen molar-refractivity contribution in [2.75, 3.05) is 5.32 Å². The van der Waals surface area contributed by atoms with Gasteiger partial charge < -0.3 is 15.4 Å². The highest BCUT2D eigenvalue weighted by atomic mass is 35.5. The van der Waals surface area contributed by atoms with E-state index in [-0.39, 0.29) is 5.46 Å². The van der Waals surface area contributed by atoms with Crippen molar-refractivity contribution in [1.29, 1.82) is 0 Å². The first-order valence-corrected chi connectivity index (χ1v) is 4.36. The van der Waals surface area contributed by atoms with Gasteiger partial charge in [-0.1, -0.05) is 23.8 Å². The smallest absolute Gasteiger partial charge is 0.423 e. The SMILES string of the molecule is OB(O)c1cc(NC=S)ccc1Cl. The fourth-order valence-corrected chi connectivity index (χ4v) is 1.25. The highest BCUT2D eigenvalue weighted by molar-refractivity contribution is 7.79. The summed E-state index contributed by atoms with van der Waals surface area (Å²) in [4.78, 5) is 0. The molecule has 0 saturated heterocycles. The normalized spacial score (nSPS) is 9.46. The van der Waals surface area contributed by atoms with E-state index in [1.165, 1.54) is 11.6 Å². The van der Waals surface area contributed by atoms with E-state index in [4.69, 9.17) is 21.6 Å². The summed E-state index contributed by atoms with van der Waals surface area (Å²) in [5, 5.41) is 20.9. The molecule has 0 heterocycles. The van der Waals surface area contributed by atoms with Crippen molar-refractivity contribution in [1.82, 2.24) is 0 Å². The number of rotatable bonds is 3. The predicted molar refractivity (Wildman–Crippen MR) is 58.6 cm³/mol. The van der Waals surface area contributed by atoms with Crippen LogP contribution in [0.5, 0.6) is 0 Å². The Morgan fingerprint density at radius 2 is 2.15 bits per heavy atom. The number of nitrogens with one attached hydrogen (secondary N) is 1. The van der Waals surface area contributed by atoms with Crippen LogP contribution in [0, 0.1) is 0 Å². The van der Waals surface area contributed by atoms with E-state index in [2.05, 4.69) is 17.5 Å². The standard InChI is InChI=1S/C7H7BClNO2S/c9-7-2-1-5(10-4-13)3-6(7)8(11)12/h1-4,11-12H,(H,10,13). The van der Waals surface area contributed by atoms with Crippen molar-refractivity contribution < 1.29 is 10.0 Å². The molecule has 13 heavy (non-hydrogen) atoms. The molecule has 0 aliphatic carbocycles. The van der Waals surface area contributed by atoms with Gasteiger partial charge in [-0.15, -0.1) is 0 Å². The van der Waals surface area contributed by atoms with Gasteiger partial charge in [-0.25, -0.2) is 0 Å². The van der Waals surface area contributed by atoms with E-state index in [1.807, 2.05) is 0 Å². The number of anilines is 1. The molecule has 0 aliphatic rings. The minimum atomic E-state index is -1.57. The third-order valence-electron chi connectivity index (χ3n) is 1.50. The lowest BCUT2D eigenvalue weighted by molar-refractivity contribution is 0.426. The topological polar surface area (TPSA) is 52.5 Å². The van der Waals surface area contributed by atoms with E-state index >= 15 is 0 Å². The quantitative estimate of drug-likeness (QED) is 0.504. The first kappa shape index (κ1) is 10.5. The van der Waals surface area contributed by atoms with E-state index in [0.29, 0.717) is 10.7 Å². The van der Waals surface area contributed by atoms with Gasteiger partial charge >= 0.3 is 7.12 Å². The van der Waals surface area contributed by atoms with E-state index in [1.54, 1.807) is 12.1 Å². The maximum absolute atomic E-state index is 8.90. The van der Waals surface area contributed by atoms with Crippen molar-refractivity contribution in [3.05, 3.63) is 23.2 Å². The fourth-order valence-electron chi connectivity index (χ4n) is 0.899. The molecule has 0 atom stereocenters. The van der Waals surface area contributed by atoms with Crippen LogP contribution in [0.1, 0.15) is 0 Å². The minimum Gasteiger partial charge on any atom is -0.423 e. The number of halogens is 1. The zero-order chi connectivity index (χ0) is 9.84. The average Bonchev–Trinajstić information content (AvgIpc) is 2.08. The van der Waals surface area contributed by atoms with Gasteiger partial charge in [0.15, 0.2) is 0 Å². The summed E-state index contributed by atoms with van der Waals surface area (Å²) >= 11 is 10.3. The van der Waals surface area contributed by atoms with Crippen LogP contribution in [0.2, 0.25) is 5.02 Å². The monoisotopic (exact) mass is 215 g/mol. The molecule has 0 amide bonds. The van der Waals surface area contributed by atoms with Crippen LogP contribution in [0.4, 0.5) is 5.69 Å². The van der Waals surface area contributed by atoms with Crippen molar-refractivity contribution in [3.63, 3.8) is 0 Å². The molecule has 1 aromatic carbocycles. The summed E-state index contributed by atoms with van der Waals surface area (Å²) in [6.45, 7) is 0. The molecule has 3 N–H and O–H groups in total. The largest absolute Gasteiger partial charge is 0.490 e. The molecular formula is C7H7BClNO2S. The van der Waals surface area contributed by atoms with Gasteiger partial charge in [0.05, 0.1) is 5.49 Å². The minimum absolute atomic E-state index is 0.253. The van der Waals surface area contributed by atoms with Crippen molar-refractivity contribution >= 4 is 47.6 Å². The average molecular weight is 215 g/mol. The van der Waals surface area contributed by atoms with Gasteiger partial charge in [0, 0.05) is 16.2 Å². The van der Waals surface area contributed by atoms with E-state index in [0.717, 1.165) is 0 Å². The van der Waals surface area contributed by atoms with E-state index in [9.17, 15) is 0 Å². The summed E-state index contributed by atoms with van der Waals surface area (Å²) in [6, 6.07) is 4.78. The van der Waals surface area contributed by atoms with Crippen LogP contribution in [-0.2, 0) is 0 Å². The predicted octanol–water partition coefficient (Wildman–Crippen LogP) is 0.389. The molecule has 0 bridgehead atoms. The van der Waals surface area contributed by atoms with Gasteiger partial charge in [0.1, 0.15) is 0 Å². The Labute approximate surface area is 86.5 Å². The number of hydrogen-bond donors (Lipinski definition) is 3. The van der Waals surface area contributed by atoms with Crippen LogP contribution < -0.4 is 10.8 Å². The summed E-state index contributed by atoms with van der Waals surface area (Å²) in [5.74, 6) is 0. The lowest BCUT2D eigenvalue weighted by Crippen LogP contribution is -2.30. The zero-order valence-corrected chi connectivity index (χ0v) is 8.14. The number of thiocarbonyl (C=S) groups is 1. The van der Waals surface area contributed by atoms with Gasteiger partial charge in [0.2, 0.25) is 0 Å². The molecular weight excluding hydrogens is 208 g/mol. The molecule has 0 aromatic heterocycles. The van der Waals surface area contributed by atoms with Crippen molar-refractivity contribution in [2.45, 2.75) is 0 Å². The Morgan fingerprint density at radius 3 is 2.69 bits per heavy atom. The Bertz CT molecular complexity index is 321. The third-order valence-corrected chi connectivity index (χ3v) is 1.96. The molecule has 6 heteroatoms. The molecule has 0 fully saturated rings. The van der Waals surface area contributed by atoms with Gasteiger partial charge in [-0.2, -0.15) is 0 Å². The molecule has 0 radical (unpaired) electrons. The second-order valence-corrected chi connectivity index (χ2v) is 3.02. The van der Waals surface area contributed by atoms with Gasteiger partial charge in [0.25, 0.3) is 0 Å². The summed E-state index contributed by atoms with van der Waals surface area (Å²) < 4.78 is 0. The number of benzene rings is 1. The molecule has 0 spiro atoms. The lowest BCUT2D eigenvalue weighted by atomic mass is 9.80. The van der Waals surface area contributed by atoms with Crippen LogP contribution in [-0.4, -0.2) is 22.7 Å². The summed E-state index contributed by atoms with van der Waals surface area (Å²) in [5.41, 5.74) is 2.25. The van der Waals surface area contributed by atoms with Crippen molar-refractivity contribution in [3.8, 4) is 0 Å². The van der Waals surface area contributed by atoms with Crippen LogP contribution >= 0.6 is 23.8 Å². The highest BCUT2D eigenvalue weighted by Gasteiger charge is 2.15. The van der Waals surface area contributed by atoms with E-state index < -0.39 is 7.12 Å². The maximum Gasteiger partial charge on any atom is 0.490 e. The van der Waals surface area contributed by atoms with Crippen LogP contribution in [0.15, 0.2) is 18.2 Å². The van der Waals surface area contributed by atoms with Crippen molar-refractivity contribution in [2.24, 2.45) is 0 Å². The lowest BCUT2D eigenvalue weighted by Gasteiger charge is -2.05. The Kier molecular flexibility index (Phi) is 3.68. The Hall–Kier alpha value is -0.615. The van der Waals surface area contributed by atoms with Crippen LogP contribution in [0.25, 0.3) is 0 Å². The zero-order valence-electron chi connectivity index (χ0n) is 6.57. The number of hydrogen-bond acceptors (Lipinski definition) is 3. The van der Waals surface area contributed by atoms with Gasteiger partial charge in [-0.05, 0) is 18.2 Å². The molecule has 0 saturated carbocycles. The molecule has 3 nitrogen and oxygen atoms in total. The summed E-state index contributed by atoms with van der Waals surface area (Å²) in [6.07, 6.45) is 0. The molecule has 1 rings (SSSR count). The molecule has 68 valence electrons. The summed E-state index contributed by atoms with van der Waals surface area (Å²) in [7, 11) is -1.57. The molecule has 1 aromatic rings. The second kappa shape index (κ2) is 4.57.